The Kier molecular flexibility index (Phi) is 7.43. The first-order valence-corrected chi connectivity index (χ1v) is 7.07. The zero-order valence-corrected chi connectivity index (χ0v) is 12.0. The third-order valence-electron chi connectivity index (χ3n) is 3.58. The summed E-state index contributed by atoms with van der Waals surface area (Å²) in [6.07, 6.45) is 5.18. The molecule has 0 spiro atoms. The van der Waals surface area contributed by atoms with Gasteiger partial charge in [0.15, 0.2) is 0 Å². The third kappa shape index (κ3) is 6.02. The summed E-state index contributed by atoms with van der Waals surface area (Å²) in [4.78, 5) is 25.0. The number of rotatable bonds is 6. The molecule has 0 aliphatic carbocycles. The molecule has 0 saturated carbocycles. The van der Waals surface area contributed by atoms with Crippen LogP contribution in [0.5, 0.6) is 0 Å². The van der Waals surface area contributed by atoms with Crippen molar-refractivity contribution in [2.75, 3.05) is 33.7 Å². The summed E-state index contributed by atoms with van der Waals surface area (Å²) in [7, 11) is 3.46. The first-order valence-electron chi connectivity index (χ1n) is 7.07. The topological polar surface area (TPSA) is 73.5 Å². The second-order valence-electron chi connectivity index (χ2n) is 4.96. The van der Waals surface area contributed by atoms with Gasteiger partial charge in [0.1, 0.15) is 0 Å². The summed E-state index contributed by atoms with van der Waals surface area (Å²) in [5.41, 5.74) is 0. The van der Waals surface area contributed by atoms with Gasteiger partial charge in [-0.05, 0) is 39.4 Å². The van der Waals surface area contributed by atoms with E-state index >= 15 is 0 Å². The lowest BCUT2D eigenvalue weighted by Gasteiger charge is -2.35. The average Bonchev–Trinajstić information content (AvgIpc) is 2.43. The van der Waals surface area contributed by atoms with Crippen LogP contribution in [0.4, 0.5) is 4.79 Å². The molecule has 0 bridgehead atoms. The molecule has 0 aromatic heterocycles. The van der Waals surface area contributed by atoms with Crippen LogP contribution < -0.4 is 16.0 Å². The lowest BCUT2D eigenvalue weighted by atomic mass is 9.99. The highest BCUT2D eigenvalue weighted by Gasteiger charge is 2.22. The molecule has 3 N–H and O–H groups in total. The number of carbonyl (C=O) groups is 2. The van der Waals surface area contributed by atoms with Crippen molar-refractivity contribution in [3.8, 4) is 0 Å². The molecule has 6 nitrogen and oxygen atoms in total. The summed E-state index contributed by atoms with van der Waals surface area (Å²) in [6.45, 7) is 2.80. The molecule has 1 heterocycles. The van der Waals surface area contributed by atoms with Gasteiger partial charge in [0.25, 0.3) is 0 Å². The molecule has 1 aliphatic heterocycles. The van der Waals surface area contributed by atoms with Gasteiger partial charge in [0, 0.05) is 26.1 Å². The summed E-state index contributed by atoms with van der Waals surface area (Å²) in [6, 6.07) is 0.129. The van der Waals surface area contributed by atoms with Crippen LogP contribution in [0.15, 0.2) is 0 Å². The van der Waals surface area contributed by atoms with Crippen molar-refractivity contribution >= 4 is 11.9 Å². The molecule has 1 atom stereocenters. The van der Waals surface area contributed by atoms with Gasteiger partial charge in [0.05, 0.1) is 0 Å². The smallest absolute Gasteiger partial charge is 0.321 e. The van der Waals surface area contributed by atoms with E-state index in [-0.39, 0.29) is 5.91 Å². The first-order chi connectivity index (χ1) is 9.17. The molecule has 3 amide bonds. The zero-order chi connectivity index (χ0) is 14.1. The number of carbonyl (C=O) groups excluding carboxylic acids is 2. The van der Waals surface area contributed by atoms with Gasteiger partial charge in [0.2, 0.25) is 5.91 Å². The van der Waals surface area contributed by atoms with Crippen molar-refractivity contribution < 1.29 is 9.59 Å². The Balaban J connectivity index is 2.31. The highest BCUT2D eigenvalue weighted by Crippen LogP contribution is 2.19. The fourth-order valence-corrected chi connectivity index (χ4v) is 2.49. The highest BCUT2D eigenvalue weighted by molar-refractivity contribution is 5.94. The number of nitrogens with zero attached hydrogens (tertiary/aromatic N) is 1. The van der Waals surface area contributed by atoms with Crippen LogP contribution in [-0.4, -0.2) is 56.6 Å². The normalized spacial score (nSPS) is 20.0. The average molecular weight is 270 g/mol. The Morgan fingerprint density at radius 3 is 2.74 bits per heavy atom. The largest absolute Gasteiger partial charge is 0.341 e. The number of nitrogens with one attached hydrogen (secondary N) is 3. The second-order valence-corrected chi connectivity index (χ2v) is 4.96. The maximum absolute atomic E-state index is 11.6. The van der Waals surface area contributed by atoms with Crippen molar-refractivity contribution in [3.05, 3.63) is 0 Å². The molecular formula is C13H26N4O2. The van der Waals surface area contributed by atoms with Crippen LogP contribution in [0, 0.1) is 0 Å². The minimum atomic E-state index is -0.435. The van der Waals surface area contributed by atoms with Crippen LogP contribution >= 0.6 is 0 Å². The zero-order valence-electron chi connectivity index (χ0n) is 12.0. The van der Waals surface area contributed by atoms with Crippen molar-refractivity contribution in [2.24, 2.45) is 0 Å². The predicted octanol–water partition coefficient (Wildman–Crippen LogP) is 0.296. The number of amides is 3. The van der Waals surface area contributed by atoms with E-state index in [4.69, 9.17) is 0 Å². The third-order valence-corrected chi connectivity index (χ3v) is 3.58. The van der Waals surface area contributed by atoms with E-state index in [1.807, 2.05) is 7.05 Å². The fourth-order valence-electron chi connectivity index (χ4n) is 2.49. The predicted molar refractivity (Wildman–Crippen MR) is 75.0 cm³/mol. The molecule has 19 heavy (non-hydrogen) atoms. The van der Waals surface area contributed by atoms with Crippen molar-refractivity contribution in [1.82, 2.24) is 20.9 Å². The fraction of sp³-hybridized carbons (Fsp3) is 0.846. The maximum atomic E-state index is 11.6. The van der Waals surface area contributed by atoms with E-state index in [2.05, 4.69) is 20.9 Å². The Morgan fingerprint density at radius 2 is 2.05 bits per heavy atom. The van der Waals surface area contributed by atoms with Gasteiger partial charge in [-0.25, -0.2) is 4.79 Å². The van der Waals surface area contributed by atoms with Crippen LogP contribution in [0.1, 0.15) is 32.1 Å². The summed E-state index contributed by atoms with van der Waals surface area (Å²) in [5, 5.41) is 7.85. The summed E-state index contributed by atoms with van der Waals surface area (Å²) < 4.78 is 0. The van der Waals surface area contributed by atoms with Gasteiger partial charge < -0.3 is 10.6 Å². The minimum absolute atomic E-state index is 0.211. The number of hydrogen-bond acceptors (Lipinski definition) is 4. The molecule has 1 saturated heterocycles. The van der Waals surface area contributed by atoms with Gasteiger partial charge in [-0.15, -0.1) is 0 Å². The monoisotopic (exact) mass is 270 g/mol. The number of urea groups is 1. The molecule has 6 heteroatoms. The molecular weight excluding hydrogens is 244 g/mol. The van der Waals surface area contributed by atoms with Gasteiger partial charge in [-0.1, -0.05) is 6.42 Å². The standard InChI is InChI=1S/C13H26N4O2/c1-14-8-6-11-5-3-4-9-17(11)10-7-12(18)16-13(19)15-2/h11,14H,3-10H2,1-2H3,(H2,15,16,18,19). The Bertz CT molecular complexity index is 296. The van der Waals surface area contributed by atoms with E-state index < -0.39 is 6.03 Å². The number of imide groups is 1. The van der Waals surface area contributed by atoms with Gasteiger partial charge >= 0.3 is 6.03 Å². The van der Waals surface area contributed by atoms with E-state index in [0.717, 1.165) is 26.1 Å². The van der Waals surface area contributed by atoms with E-state index in [0.29, 0.717) is 12.5 Å². The first kappa shape index (κ1) is 15.9. The molecule has 0 aromatic carbocycles. The summed E-state index contributed by atoms with van der Waals surface area (Å²) in [5.74, 6) is -0.211. The minimum Gasteiger partial charge on any atom is -0.341 e. The van der Waals surface area contributed by atoms with Crippen LogP contribution in [0.25, 0.3) is 0 Å². The molecule has 1 unspecified atom stereocenters. The maximum Gasteiger partial charge on any atom is 0.321 e. The lowest BCUT2D eigenvalue weighted by molar-refractivity contribution is -0.120. The molecule has 1 rings (SSSR count). The Labute approximate surface area is 115 Å². The molecule has 0 radical (unpaired) electrons. The lowest BCUT2D eigenvalue weighted by Crippen LogP contribution is -2.44. The number of piperidine rings is 1. The van der Waals surface area contributed by atoms with E-state index in [9.17, 15) is 9.59 Å². The quantitative estimate of drug-likeness (QED) is 0.649. The van der Waals surface area contributed by atoms with Crippen LogP contribution in [0.3, 0.4) is 0 Å². The van der Waals surface area contributed by atoms with Gasteiger partial charge in [-0.2, -0.15) is 0 Å². The van der Waals surface area contributed by atoms with Crippen LogP contribution in [-0.2, 0) is 4.79 Å². The SMILES string of the molecule is CNCCC1CCCCN1CCC(=O)NC(=O)NC. The number of likely N-dealkylation sites (tertiary alicyclic amines) is 1. The van der Waals surface area contributed by atoms with Crippen molar-refractivity contribution in [1.29, 1.82) is 0 Å². The Morgan fingerprint density at radius 1 is 1.26 bits per heavy atom. The Hall–Kier alpha value is -1.14. The molecule has 1 fully saturated rings. The van der Waals surface area contributed by atoms with Crippen LogP contribution in [0.2, 0.25) is 0 Å². The summed E-state index contributed by atoms with van der Waals surface area (Å²) >= 11 is 0. The molecule has 0 aromatic rings. The van der Waals surface area contributed by atoms with Gasteiger partial charge in [-0.3, -0.25) is 15.0 Å². The molecule has 110 valence electrons. The van der Waals surface area contributed by atoms with Crippen molar-refractivity contribution in [3.63, 3.8) is 0 Å². The molecule has 1 aliphatic rings. The second kappa shape index (κ2) is 8.87. The highest BCUT2D eigenvalue weighted by atomic mass is 16.2. The van der Waals surface area contributed by atoms with Crippen molar-refractivity contribution in [2.45, 2.75) is 38.1 Å². The van der Waals surface area contributed by atoms with E-state index in [1.54, 1.807) is 0 Å². The van der Waals surface area contributed by atoms with E-state index in [1.165, 1.54) is 26.3 Å². The number of hydrogen-bond donors (Lipinski definition) is 3.